The van der Waals surface area contributed by atoms with Crippen molar-refractivity contribution in [1.82, 2.24) is 14.9 Å². The molecule has 0 N–H and O–H groups in total. The van der Waals surface area contributed by atoms with Crippen LogP contribution in [0, 0.1) is 6.92 Å². The van der Waals surface area contributed by atoms with E-state index in [0.717, 1.165) is 66.2 Å². The zero-order valence-electron chi connectivity index (χ0n) is 15.8. The van der Waals surface area contributed by atoms with Crippen molar-refractivity contribution >= 4 is 11.6 Å². The van der Waals surface area contributed by atoms with Gasteiger partial charge in [0.1, 0.15) is 17.3 Å². The zero-order chi connectivity index (χ0) is 19.1. The summed E-state index contributed by atoms with van der Waals surface area (Å²) in [5, 5.41) is 0.729. The SMILES string of the molecule is Cc1ncc2c(n1)[C@@]1(CCN(Cc3ccc(-c4ccc(Cl)cc4)o3)C1)COC2. The van der Waals surface area contributed by atoms with Gasteiger partial charge in [-0.15, -0.1) is 0 Å². The lowest BCUT2D eigenvalue weighted by molar-refractivity contribution is 0.0498. The van der Waals surface area contributed by atoms with E-state index in [1.165, 1.54) is 5.69 Å². The maximum absolute atomic E-state index is 6.09. The molecule has 0 aliphatic carbocycles. The largest absolute Gasteiger partial charge is 0.460 e. The summed E-state index contributed by atoms with van der Waals surface area (Å²) in [7, 11) is 0. The lowest BCUT2D eigenvalue weighted by Crippen LogP contribution is -2.40. The smallest absolute Gasteiger partial charge is 0.134 e. The van der Waals surface area contributed by atoms with E-state index in [-0.39, 0.29) is 5.41 Å². The van der Waals surface area contributed by atoms with Crippen molar-refractivity contribution in [3.63, 3.8) is 0 Å². The lowest BCUT2D eigenvalue weighted by Gasteiger charge is -2.34. The van der Waals surface area contributed by atoms with Gasteiger partial charge in [0.05, 0.1) is 30.9 Å². The van der Waals surface area contributed by atoms with E-state index in [0.29, 0.717) is 6.61 Å². The molecule has 3 aromatic rings. The van der Waals surface area contributed by atoms with E-state index in [1.54, 1.807) is 0 Å². The second-order valence-corrected chi connectivity index (χ2v) is 8.23. The van der Waals surface area contributed by atoms with Crippen LogP contribution < -0.4 is 0 Å². The average Bonchev–Trinajstić information content (AvgIpc) is 3.32. The van der Waals surface area contributed by atoms with Crippen LogP contribution in [0.2, 0.25) is 5.02 Å². The summed E-state index contributed by atoms with van der Waals surface area (Å²) in [6.07, 6.45) is 2.97. The fraction of sp³-hybridized carbons (Fsp3) is 0.364. The first-order chi connectivity index (χ1) is 13.6. The Morgan fingerprint density at radius 3 is 2.89 bits per heavy atom. The summed E-state index contributed by atoms with van der Waals surface area (Å²) in [4.78, 5) is 11.6. The molecular formula is C22H22ClN3O2. The Morgan fingerprint density at radius 2 is 2.04 bits per heavy atom. The second-order valence-electron chi connectivity index (χ2n) is 7.80. The molecule has 0 bridgehead atoms. The van der Waals surface area contributed by atoms with Crippen LogP contribution in [0.15, 0.2) is 47.0 Å². The van der Waals surface area contributed by atoms with Crippen LogP contribution in [0.3, 0.4) is 0 Å². The number of rotatable bonds is 3. The average molecular weight is 396 g/mol. The Balaban J connectivity index is 1.33. The molecule has 5 nitrogen and oxygen atoms in total. The Labute approximate surface area is 169 Å². The topological polar surface area (TPSA) is 51.4 Å². The second kappa shape index (κ2) is 6.99. The van der Waals surface area contributed by atoms with Crippen molar-refractivity contribution < 1.29 is 9.15 Å². The van der Waals surface area contributed by atoms with Crippen molar-refractivity contribution in [1.29, 1.82) is 0 Å². The molecule has 1 aromatic carbocycles. The van der Waals surface area contributed by atoms with Gasteiger partial charge in [-0.1, -0.05) is 11.6 Å². The van der Waals surface area contributed by atoms with Crippen molar-refractivity contribution in [3.05, 3.63) is 70.5 Å². The van der Waals surface area contributed by atoms with Crippen LogP contribution in [0.5, 0.6) is 0 Å². The van der Waals surface area contributed by atoms with Gasteiger partial charge in [-0.3, -0.25) is 4.90 Å². The van der Waals surface area contributed by atoms with Gasteiger partial charge in [-0.05, 0) is 56.3 Å². The van der Waals surface area contributed by atoms with E-state index in [2.05, 4.69) is 16.0 Å². The van der Waals surface area contributed by atoms with Gasteiger partial charge in [-0.2, -0.15) is 0 Å². The van der Waals surface area contributed by atoms with Crippen molar-refractivity contribution in [2.75, 3.05) is 19.7 Å². The normalized spacial score (nSPS) is 21.9. The monoisotopic (exact) mass is 395 g/mol. The third-order valence-electron chi connectivity index (χ3n) is 5.73. The summed E-state index contributed by atoms with van der Waals surface area (Å²) in [5.74, 6) is 2.67. The number of fused-ring (bicyclic) bond motifs is 2. The molecule has 28 heavy (non-hydrogen) atoms. The number of ether oxygens (including phenoxy) is 1. The molecule has 6 heteroatoms. The van der Waals surface area contributed by atoms with Gasteiger partial charge in [0.15, 0.2) is 0 Å². The number of hydrogen-bond donors (Lipinski definition) is 0. The van der Waals surface area contributed by atoms with Crippen LogP contribution in [-0.2, 0) is 23.3 Å². The van der Waals surface area contributed by atoms with Crippen LogP contribution in [-0.4, -0.2) is 34.6 Å². The molecule has 0 amide bonds. The molecule has 0 radical (unpaired) electrons. The maximum atomic E-state index is 6.09. The van der Waals surface area contributed by atoms with Crippen LogP contribution in [0.25, 0.3) is 11.3 Å². The number of aromatic nitrogens is 2. The molecule has 2 aromatic heterocycles. The van der Waals surface area contributed by atoms with Gasteiger partial charge < -0.3 is 9.15 Å². The molecular weight excluding hydrogens is 374 g/mol. The van der Waals surface area contributed by atoms with Crippen LogP contribution in [0.4, 0.5) is 0 Å². The Hall–Kier alpha value is -2.21. The Bertz CT molecular complexity index is 1000. The van der Waals surface area contributed by atoms with Gasteiger partial charge in [-0.25, -0.2) is 9.97 Å². The number of nitrogens with zero attached hydrogens (tertiary/aromatic N) is 3. The summed E-state index contributed by atoms with van der Waals surface area (Å²) in [5.41, 5.74) is 3.31. The number of furan rings is 1. The highest BCUT2D eigenvalue weighted by molar-refractivity contribution is 6.30. The molecule has 1 saturated heterocycles. The number of hydrogen-bond acceptors (Lipinski definition) is 5. The molecule has 1 atom stereocenters. The molecule has 0 saturated carbocycles. The highest BCUT2D eigenvalue weighted by Crippen LogP contribution is 2.39. The van der Waals surface area contributed by atoms with Crippen molar-refractivity contribution in [2.24, 2.45) is 0 Å². The maximum Gasteiger partial charge on any atom is 0.134 e. The van der Waals surface area contributed by atoms with Gasteiger partial charge in [0.2, 0.25) is 0 Å². The van der Waals surface area contributed by atoms with E-state index >= 15 is 0 Å². The molecule has 5 rings (SSSR count). The first-order valence-corrected chi connectivity index (χ1v) is 9.97. The minimum atomic E-state index is -0.0348. The predicted molar refractivity (Wildman–Crippen MR) is 107 cm³/mol. The molecule has 2 aliphatic rings. The van der Waals surface area contributed by atoms with E-state index in [4.69, 9.17) is 25.7 Å². The summed E-state index contributed by atoms with van der Waals surface area (Å²) < 4.78 is 12.0. The molecule has 0 unspecified atom stereocenters. The number of benzene rings is 1. The van der Waals surface area contributed by atoms with E-state index in [9.17, 15) is 0 Å². The zero-order valence-corrected chi connectivity index (χ0v) is 16.6. The first-order valence-electron chi connectivity index (χ1n) is 9.59. The lowest BCUT2D eigenvalue weighted by atomic mass is 9.80. The fourth-order valence-electron chi connectivity index (χ4n) is 4.34. The minimum absolute atomic E-state index is 0.0348. The molecule has 1 fully saturated rings. The quantitative estimate of drug-likeness (QED) is 0.659. The van der Waals surface area contributed by atoms with E-state index < -0.39 is 0 Å². The number of aryl methyl sites for hydroxylation is 1. The minimum Gasteiger partial charge on any atom is -0.460 e. The highest BCUT2D eigenvalue weighted by atomic mass is 35.5. The molecule has 1 spiro atoms. The Kier molecular flexibility index (Phi) is 4.46. The van der Waals surface area contributed by atoms with Gasteiger partial charge in [0, 0.05) is 28.9 Å². The number of likely N-dealkylation sites (tertiary alicyclic amines) is 1. The van der Waals surface area contributed by atoms with Crippen LogP contribution >= 0.6 is 11.6 Å². The van der Waals surface area contributed by atoms with Crippen molar-refractivity contribution in [3.8, 4) is 11.3 Å². The first kappa shape index (κ1) is 17.9. The highest BCUT2D eigenvalue weighted by Gasteiger charge is 2.44. The van der Waals surface area contributed by atoms with Gasteiger partial charge >= 0.3 is 0 Å². The van der Waals surface area contributed by atoms with Crippen LogP contribution in [0.1, 0.15) is 29.3 Å². The number of halogens is 1. The summed E-state index contributed by atoms with van der Waals surface area (Å²) >= 11 is 5.98. The molecule has 144 valence electrons. The summed E-state index contributed by atoms with van der Waals surface area (Å²) in [6, 6.07) is 11.8. The molecule has 2 aliphatic heterocycles. The van der Waals surface area contributed by atoms with Gasteiger partial charge in [0.25, 0.3) is 0 Å². The predicted octanol–water partition coefficient (Wildman–Crippen LogP) is 4.37. The third kappa shape index (κ3) is 3.24. The third-order valence-corrected chi connectivity index (χ3v) is 5.98. The molecule has 4 heterocycles. The van der Waals surface area contributed by atoms with E-state index in [1.807, 2.05) is 43.5 Å². The van der Waals surface area contributed by atoms with Crippen molar-refractivity contribution in [2.45, 2.75) is 31.9 Å². The fourth-order valence-corrected chi connectivity index (χ4v) is 4.47. The Morgan fingerprint density at radius 1 is 1.18 bits per heavy atom. The summed E-state index contributed by atoms with van der Waals surface area (Å²) in [6.45, 7) is 6.00. The standard InChI is InChI=1S/C22H22ClN3O2/c1-15-24-10-17-12-27-14-22(21(17)25-15)8-9-26(13-22)11-19-6-7-20(28-19)16-2-4-18(23)5-3-16/h2-7,10H,8-9,11-14H2,1H3/t22-/m1/s1.